The second-order valence-electron chi connectivity index (χ2n) is 8.90. The van der Waals surface area contributed by atoms with Crippen LogP contribution in [0.3, 0.4) is 0 Å². The van der Waals surface area contributed by atoms with Crippen molar-refractivity contribution in [1.29, 1.82) is 0 Å². The first-order valence-electron chi connectivity index (χ1n) is 10.9. The predicted molar refractivity (Wildman–Crippen MR) is 109 cm³/mol. The van der Waals surface area contributed by atoms with Crippen LogP contribution in [0.4, 0.5) is 0 Å². The van der Waals surface area contributed by atoms with Crippen LogP contribution >= 0.6 is 0 Å². The molecule has 30 heavy (non-hydrogen) atoms. The Morgan fingerprint density at radius 1 is 1.20 bits per heavy atom. The Morgan fingerprint density at radius 3 is 2.77 bits per heavy atom. The van der Waals surface area contributed by atoms with E-state index in [0.29, 0.717) is 25.1 Å². The standard InChI is InChI=1S/C22H28N4O4/c27-19-4-3-18(20(28)25-19)26-13-15-2-1-14(9-17(15)21(26)29)11-24-12-16-10-22(30-16)5-7-23-8-6-22/h1-2,9,16,18,23-24H,3-8,10-13H2,(H,25,27,28). The minimum atomic E-state index is -0.567. The van der Waals surface area contributed by atoms with E-state index in [9.17, 15) is 14.4 Å². The zero-order chi connectivity index (χ0) is 20.7. The number of benzene rings is 1. The van der Waals surface area contributed by atoms with Crippen molar-refractivity contribution in [2.24, 2.45) is 0 Å². The smallest absolute Gasteiger partial charge is 0.255 e. The van der Waals surface area contributed by atoms with Crippen LogP contribution in [0.25, 0.3) is 0 Å². The van der Waals surface area contributed by atoms with Crippen LogP contribution in [0, 0.1) is 0 Å². The largest absolute Gasteiger partial charge is 0.370 e. The van der Waals surface area contributed by atoms with E-state index in [1.165, 1.54) is 0 Å². The number of hydrogen-bond donors (Lipinski definition) is 3. The predicted octanol–water partition coefficient (Wildman–Crippen LogP) is 0.448. The molecule has 3 saturated heterocycles. The number of hydrogen-bond acceptors (Lipinski definition) is 6. The number of amides is 3. The average Bonchev–Trinajstić information content (AvgIpc) is 3.03. The van der Waals surface area contributed by atoms with Gasteiger partial charge in [-0.25, -0.2) is 0 Å². The molecule has 4 aliphatic rings. The van der Waals surface area contributed by atoms with Crippen molar-refractivity contribution in [2.45, 2.75) is 62.9 Å². The molecular formula is C22H28N4O4. The molecule has 8 nitrogen and oxygen atoms in total. The highest BCUT2D eigenvalue weighted by Crippen LogP contribution is 2.39. The fraction of sp³-hybridized carbons (Fsp3) is 0.591. The number of imide groups is 1. The van der Waals surface area contributed by atoms with Crippen molar-refractivity contribution >= 4 is 17.7 Å². The average molecular weight is 412 g/mol. The molecule has 4 heterocycles. The molecule has 2 unspecified atom stereocenters. The van der Waals surface area contributed by atoms with Crippen molar-refractivity contribution in [3.63, 3.8) is 0 Å². The molecule has 0 aromatic heterocycles. The molecule has 0 saturated carbocycles. The summed E-state index contributed by atoms with van der Waals surface area (Å²) in [5, 5.41) is 9.17. The molecule has 8 heteroatoms. The summed E-state index contributed by atoms with van der Waals surface area (Å²) in [4.78, 5) is 38.0. The van der Waals surface area contributed by atoms with Crippen LogP contribution in [0.5, 0.6) is 0 Å². The summed E-state index contributed by atoms with van der Waals surface area (Å²) in [6.07, 6.45) is 4.23. The maximum absolute atomic E-state index is 12.9. The van der Waals surface area contributed by atoms with Gasteiger partial charge >= 0.3 is 0 Å². The number of carbonyl (C=O) groups is 3. The van der Waals surface area contributed by atoms with Gasteiger partial charge in [0.05, 0.1) is 11.7 Å². The topological polar surface area (TPSA) is 99.8 Å². The van der Waals surface area contributed by atoms with Gasteiger partial charge in [-0.3, -0.25) is 19.7 Å². The maximum atomic E-state index is 12.9. The van der Waals surface area contributed by atoms with Crippen molar-refractivity contribution in [1.82, 2.24) is 20.9 Å². The minimum absolute atomic E-state index is 0.108. The monoisotopic (exact) mass is 412 g/mol. The van der Waals surface area contributed by atoms with Crippen LogP contribution < -0.4 is 16.0 Å². The molecular weight excluding hydrogens is 384 g/mol. The Balaban J connectivity index is 1.15. The lowest BCUT2D eigenvalue weighted by Crippen LogP contribution is -2.58. The summed E-state index contributed by atoms with van der Waals surface area (Å²) in [5.74, 6) is -0.770. The Hall–Kier alpha value is -2.29. The van der Waals surface area contributed by atoms with E-state index in [-0.39, 0.29) is 35.8 Å². The minimum Gasteiger partial charge on any atom is -0.370 e. The van der Waals surface area contributed by atoms with Gasteiger partial charge in [-0.1, -0.05) is 12.1 Å². The van der Waals surface area contributed by atoms with Crippen LogP contribution in [0.1, 0.15) is 53.6 Å². The summed E-state index contributed by atoms with van der Waals surface area (Å²) >= 11 is 0. The van der Waals surface area contributed by atoms with E-state index >= 15 is 0 Å². The van der Waals surface area contributed by atoms with Crippen molar-refractivity contribution < 1.29 is 19.1 Å². The number of rotatable bonds is 5. The van der Waals surface area contributed by atoms with E-state index in [4.69, 9.17) is 4.74 Å². The molecule has 4 aliphatic heterocycles. The van der Waals surface area contributed by atoms with Crippen LogP contribution in [-0.2, 0) is 27.4 Å². The molecule has 1 aromatic rings. The zero-order valence-electron chi connectivity index (χ0n) is 17.0. The van der Waals surface area contributed by atoms with Crippen molar-refractivity contribution in [3.8, 4) is 0 Å². The lowest BCUT2D eigenvalue weighted by molar-refractivity contribution is -0.214. The summed E-state index contributed by atoms with van der Waals surface area (Å²) in [6.45, 7) is 3.98. The number of piperidine rings is 2. The van der Waals surface area contributed by atoms with Crippen LogP contribution in [0.2, 0.25) is 0 Å². The van der Waals surface area contributed by atoms with Gasteiger partial charge in [0, 0.05) is 38.0 Å². The molecule has 3 amide bonds. The first-order chi connectivity index (χ1) is 14.5. The highest BCUT2D eigenvalue weighted by atomic mass is 16.5. The van der Waals surface area contributed by atoms with E-state index in [0.717, 1.165) is 50.0 Å². The zero-order valence-corrected chi connectivity index (χ0v) is 17.0. The van der Waals surface area contributed by atoms with Gasteiger partial charge in [-0.2, -0.15) is 0 Å². The third kappa shape index (κ3) is 3.64. The summed E-state index contributed by atoms with van der Waals surface area (Å²) in [7, 11) is 0. The third-order valence-electron chi connectivity index (χ3n) is 6.82. The third-order valence-corrected chi connectivity index (χ3v) is 6.82. The van der Waals surface area contributed by atoms with Gasteiger partial charge in [0.1, 0.15) is 6.04 Å². The van der Waals surface area contributed by atoms with E-state index in [1.54, 1.807) is 4.90 Å². The molecule has 0 radical (unpaired) electrons. The fourth-order valence-corrected chi connectivity index (χ4v) is 5.17. The maximum Gasteiger partial charge on any atom is 0.255 e. The molecule has 3 fully saturated rings. The molecule has 0 aliphatic carbocycles. The Labute approximate surface area is 175 Å². The lowest BCUT2D eigenvalue weighted by Gasteiger charge is -2.50. The van der Waals surface area contributed by atoms with Gasteiger partial charge in [-0.15, -0.1) is 0 Å². The Morgan fingerprint density at radius 2 is 2.00 bits per heavy atom. The normalized spacial score (nSPS) is 27.7. The second kappa shape index (κ2) is 7.76. The molecule has 2 atom stereocenters. The first kappa shape index (κ1) is 19.7. The van der Waals surface area contributed by atoms with Gasteiger partial charge in [0.15, 0.2) is 0 Å². The molecule has 1 spiro atoms. The highest BCUT2D eigenvalue weighted by molar-refractivity contribution is 6.05. The molecule has 160 valence electrons. The molecule has 5 rings (SSSR count). The number of nitrogens with one attached hydrogen (secondary N) is 3. The molecule has 0 bridgehead atoms. The Bertz CT molecular complexity index is 872. The van der Waals surface area contributed by atoms with Gasteiger partial charge in [-0.05, 0) is 49.5 Å². The first-order valence-corrected chi connectivity index (χ1v) is 10.9. The van der Waals surface area contributed by atoms with Gasteiger partial charge < -0.3 is 20.3 Å². The molecule has 3 N–H and O–H groups in total. The fourth-order valence-electron chi connectivity index (χ4n) is 5.17. The summed E-state index contributed by atoms with van der Waals surface area (Å²) in [5.41, 5.74) is 2.75. The lowest BCUT2D eigenvalue weighted by atomic mass is 9.81. The number of ether oxygens (including phenoxy) is 1. The van der Waals surface area contributed by atoms with Crippen molar-refractivity contribution in [2.75, 3.05) is 19.6 Å². The second-order valence-corrected chi connectivity index (χ2v) is 8.90. The molecule has 1 aromatic carbocycles. The van der Waals surface area contributed by atoms with Gasteiger partial charge in [0.2, 0.25) is 11.8 Å². The number of carbonyl (C=O) groups excluding carboxylic acids is 3. The van der Waals surface area contributed by atoms with E-state index in [2.05, 4.69) is 16.0 Å². The van der Waals surface area contributed by atoms with E-state index < -0.39 is 6.04 Å². The van der Waals surface area contributed by atoms with Crippen LogP contribution in [-0.4, -0.2) is 60.0 Å². The summed E-state index contributed by atoms with van der Waals surface area (Å²) in [6, 6.07) is 5.36. The summed E-state index contributed by atoms with van der Waals surface area (Å²) < 4.78 is 6.17. The number of fused-ring (bicyclic) bond motifs is 1. The Kier molecular flexibility index (Phi) is 5.08. The van der Waals surface area contributed by atoms with E-state index in [1.807, 2.05) is 18.2 Å². The van der Waals surface area contributed by atoms with Crippen molar-refractivity contribution in [3.05, 3.63) is 34.9 Å². The SMILES string of the molecule is O=C1CCC(N2Cc3ccc(CNCC4CC5(CCNCC5)O4)cc3C2=O)C(=O)N1. The number of nitrogens with zero attached hydrogens (tertiary/aromatic N) is 1. The van der Waals surface area contributed by atoms with Crippen LogP contribution in [0.15, 0.2) is 18.2 Å². The van der Waals surface area contributed by atoms with Gasteiger partial charge in [0.25, 0.3) is 5.91 Å². The quantitative estimate of drug-likeness (QED) is 0.608. The highest BCUT2D eigenvalue weighted by Gasteiger charge is 2.45.